The number of hydrogen-bond acceptors (Lipinski definition) is 2. The fraction of sp³-hybridized carbons (Fsp3) is 0.176. The number of aryl methyl sites for hydroxylation is 1. The van der Waals surface area contributed by atoms with Crippen molar-refractivity contribution in [3.8, 4) is 0 Å². The summed E-state index contributed by atoms with van der Waals surface area (Å²) in [6, 6.07) is 12.2. The molecule has 4 nitrogen and oxygen atoms in total. The molecule has 0 aromatic heterocycles. The van der Waals surface area contributed by atoms with Crippen LogP contribution in [0.2, 0.25) is 0 Å². The Labute approximate surface area is 128 Å². The number of benzene rings is 2. The molecule has 0 aliphatic carbocycles. The minimum absolute atomic E-state index is 0.0875. The molecule has 0 saturated carbocycles. The Hall–Kier alpha value is -2.69. The van der Waals surface area contributed by atoms with E-state index in [1.807, 2.05) is 19.1 Å². The third kappa shape index (κ3) is 3.69. The summed E-state index contributed by atoms with van der Waals surface area (Å²) in [4.78, 5) is 24.2. The molecule has 0 heterocycles. The molecule has 1 atom stereocenters. The lowest BCUT2D eigenvalue weighted by Gasteiger charge is -2.15. The zero-order valence-electron chi connectivity index (χ0n) is 12.4. The molecule has 0 spiro atoms. The third-order valence-electron chi connectivity index (χ3n) is 3.26. The van der Waals surface area contributed by atoms with Gasteiger partial charge in [0.25, 0.3) is 5.91 Å². The van der Waals surface area contributed by atoms with E-state index in [0.29, 0.717) is 5.56 Å². The Morgan fingerprint density at radius 3 is 2.36 bits per heavy atom. The van der Waals surface area contributed by atoms with E-state index in [2.05, 4.69) is 10.6 Å². The van der Waals surface area contributed by atoms with Crippen LogP contribution in [-0.2, 0) is 4.79 Å². The molecular formula is C17H17FN2O2. The number of rotatable bonds is 4. The van der Waals surface area contributed by atoms with Crippen molar-refractivity contribution in [3.63, 3.8) is 0 Å². The second-order valence-electron chi connectivity index (χ2n) is 4.98. The third-order valence-corrected chi connectivity index (χ3v) is 3.26. The number of carbonyl (C=O) groups is 2. The lowest BCUT2D eigenvalue weighted by molar-refractivity contribution is -0.117. The van der Waals surface area contributed by atoms with E-state index in [4.69, 9.17) is 0 Å². The van der Waals surface area contributed by atoms with E-state index >= 15 is 0 Å². The highest BCUT2D eigenvalue weighted by molar-refractivity contribution is 6.01. The summed E-state index contributed by atoms with van der Waals surface area (Å²) < 4.78 is 13.5. The first-order valence-corrected chi connectivity index (χ1v) is 6.91. The number of hydrogen-bond donors (Lipinski definition) is 2. The number of halogens is 1. The van der Waals surface area contributed by atoms with Gasteiger partial charge in [0.2, 0.25) is 5.91 Å². The van der Waals surface area contributed by atoms with Gasteiger partial charge in [-0.3, -0.25) is 9.59 Å². The first-order valence-electron chi connectivity index (χ1n) is 6.91. The summed E-state index contributed by atoms with van der Waals surface area (Å²) in [5, 5.41) is 5.06. The van der Waals surface area contributed by atoms with Gasteiger partial charge >= 0.3 is 0 Å². The fourth-order valence-corrected chi connectivity index (χ4v) is 1.97. The molecule has 2 aromatic rings. The second-order valence-corrected chi connectivity index (χ2v) is 4.98. The molecule has 114 valence electrons. The van der Waals surface area contributed by atoms with Gasteiger partial charge in [-0.1, -0.05) is 30.3 Å². The van der Waals surface area contributed by atoms with Gasteiger partial charge in [-0.2, -0.15) is 0 Å². The van der Waals surface area contributed by atoms with Crippen LogP contribution in [0.4, 0.5) is 10.1 Å². The highest BCUT2D eigenvalue weighted by Crippen LogP contribution is 2.13. The molecule has 0 aliphatic rings. The standard InChI is InChI=1S/C17H17FN2O2/c1-11-7-3-4-8-13(11)17(22)19-12(2)16(21)20-15-10-6-5-9-14(15)18/h3-10,12H,1-2H3,(H,19,22)(H,20,21)/t12-/m0/s1. The Kier molecular flexibility index (Phi) is 4.88. The van der Waals surface area contributed by atoms with Gasteiger partial charge in [0.05, 0.1) is 5.69 Å². The highest BCUT2D eigenvalue weighted by Gasteiger charge is 2.18. The summed E-state index contributed by atoms with van der Waals surface area (Å²) in [5.41, 5.74) is 1.42. The maximum atomic E-state index is 13.5. The number of carbonyl (C=O) groups excluding carboxylic acids is 2. The SMILES string of the molecule is Cc1ccccc1C(=O)N[C@@H](C)C(=O)Nc1ccccc1F. The van der Waals surface area contributed by atoms with Gasteiger partial charge in [-0.05, 0) is 37.6 Å². The van der Waals surface area contributed by atoms with Gasteiger partial charge < -0.3 is 10.6 Å². The summed E-state index contributed by atoms with van der Waals surface area (Å²) in [7, 11) is 0. The van der Waals surface area contributed by atoms with Crippen LogP contribution in [0.1, 0.15) is 22.8 Å². The van der Waals surface area contributed by atoms with Crippen molar-refractivity contribution < 1.29 is 14.0 Å². The van der Waals surface area contributed by atoms with Gasteiger partial charge in [-0.15, -0.1) is 0 Å². The van der Waals surface area contributed by atoms with Crippen LogP contribution in [-0.4, -0.2) is 17.9 Å². The fourth-order valence-electron chi connectivity index (χ4n) is 1.97. The zero-order valence-corrected chi connectivity index (χ0v) is 12.4. The Morgan fingerprint density at radius 2 is 1.68 bits per heavy atom. The zero-order chi connectivity index (χ0) is 16.1. The average molecular weight is 300 g/mol. The van der Waals surface area contributed by atoms with Crippen molar-refractivity contribution in [2.45, 2.75) is 19.9 Å². The monoisotopic (exact) mass is 300 g/mol. The first kappa shape index (κ1) is 15.7. The maximum absolute atomic E-state index is 13.5. The van der Waals surface area contributed by atoms with Crippen molar-refractivity contribution in [2.75, 3.05) is 5.32 Å². The molecule has 0 unspecified atom stereocenters. The van der Waals surface area contributed by atoms with Crippen LogP contribution in [0.15, 0.2) is 48.5 Å². The summed E-state index contributed by atoms with van der Waals surface area (Å²) in [6.07, 6.45) is 0. The molecule has 22 heavy (non-hydrogen) atoms. The highest BCUT2D eigenvalue weighted by atomic mass is 19.1. The van der Waals surface area contributed by atoms with E-state index < -0.39 is 17.8 Å². The number of nitrogens with one attached hydrogen (secondary N) is 2. The van der Waals surface area contributed by atoms with Crippen molar-refractivity contribution in [1.82, 2.24) is 5.32 Å². The normalized spacial score (nSPS) is 11.6. The summed E-state index contributed by atoms with van der Waals surface area (Å²) in [5.74, 6) is -1.34. The van der Waals surface area contributed by atoms with Crippen LogP contribution in [0.5, 0.6) is 0 Å². The number of para-hydroxylation sites is 1. The summed E-state index contributed by atoms with van der Waals surface area (Å²) in [6.45, 7) is 3.37. The molecule has 0 radical (unpaired) electrons. The average Bonchev–Trinajstić information content (AvgIpc) is 2.49. The number of amides is 2. The largest absolute Gasteiger partial charge is 0.341 e. The van der Waals surface area contributed by atoms with E-state index in [1.54, 1.807) is 25.1 Å². The van der Waals surface area contributed by atoms with Crippen LogP contribution in [0, 0.1) is 12.7 Å². The minimum Gasteiger partial charge on any atom is -0.341 e. The summed E-state index contributed by atoms with van der Waals surface area (Å²) >= 11 is 0. The lowest BCUT2D eigenvalue weighted by Crippen LogP contribution is -2.41. The Morgan fingerprint density at radius 1 is 1.05 bits per heavy atom. The van der Waals surface area contributed by atoms with Crippen LogP contribution in [0.25, 0.3) is 0 Å². The molecule has 0 fully saturated rings. The van der Waals surface area contributed by atoms with Crippen LogP contribution in [0.3, 0.4) is 0 Å². The quantitative estimate of drug-likeness (QED) is 0.912. The van der Waals surface area contributed by atoms with Crippen LogP contribution >= 0.6 is 0 Å². The molecule has 0 bridgehead atoms. The molecule has 2 aromatic carbocycles. The van der Waals surface area contributed by atoms with Gasteiger partial charge in [0.15, 0.2) is 0 Å². The topological polar surface area (TPSA) is 58.2 Å². The lowest BCUT2D eigenvalue weighted by atomic mass is 10.1. The predicted octanol–water partition coefficient (Wildman–Crippen LogP) is 2.89. The van der Waals surface area contributed by atoms with Crippen molar-refractivity contribution >= 4 is 17.5 Å². The molecule has 0 aliphatic heterocycles. The van der Waals surface area contributed by atoms with Gasteiger partial charge in [0.1, 0.15) is 11.9 Å². The van der Waals surface area contributed by atoms with Crippen LogP contribution < -0.4 is 10.6 Å². The maximum Gasteiger partial charge on any atom is 0.252 e. The van der Waals surface area contributed by atoms with E-state index in [0.717, 1.165) is 5.56 Å². The molecule has 2 amide bonds. The number of anilines is 1. The molecular weight excluding hydrogens is 283 g/mol. The minimum atomic E-state index is -0.785. The first-order chi connectivity index (χ1) is 10.5. The smallest absolute Gasteiger partial charge is 0.252 e. The molecule has 2 N–H and O–H groups in total. The van der Waals surface area contributed by atoms with E-state index in [1.165, 1.54) is 18.2 Å². The van der Waals surface area contributed by atoms with Crippen molar-refractivity contribution in [2.24, 2.45) is 0 Å². The van der Waals surface area contributed by atoms with Gasteiger partial charge in [0, 0.05) is 5.56 Å². The predicted molar refractivity (Wildman–Crippen MR) is 83.1 cm³/mol. The second kappa shape index (κ2) is 6.85. The van der Waals surface area contributed by atoms with E-state index in [9.17, 15) is 14.0 Å². The van der Waals surface area contributed by atoms with Crippen molar-refractivity contribution in [3.05, 3.63) is 65.5 Å². The Balaban J connectivity index is 2.01. The van der Waals surface area contributed by atoms with Gasteiger partial charge in [-0.25, -0.2) is 4.39 Å². The van der Waals surface area contributed by atoms with E-state index in [-0.39, 0.29) is 11.6 Å². The Bertz CT molecular complexity index is 701. The molecule has 5 heteroatoms. The molecule has 2 rings (SSSR count). The molecule has 0 saturated heterocycles. The van der Waals surface area contributed by atoms with Crippen molar-refractivity contribution in [1.29, 1.82) is 0 Å².